The molecule has 0 aliphatic carbocycles. The number of carbonyl (C=O) groups excluding carboxylic acids is 2. The van der Waals surface area contributed by atoms with Crippen molar-refractivity contribution in [2.45, 2.75) is 6.92 Å². The number of carbonyl (C=O) groups is 2. The molecule has 1 aliphatic heterocycles. The number of nitrogens with zero attached hydrogens (tertiary/aromatic N) is 1. The van der Waals surface area contributed by atoms with Crippen LogP contribution in [0.15, 0.2) is 18.2 Å². The van der Waals surface area contributed by atoms with Crippen LogP contribution < -0.4 is 10.6 Å². The summed E-state index contributed by atoms with van der Waals surface area (Å²) in [5, 5.41) is 5.89. The number of rotatable bonds is 6. The van der Waals surface area contributed by atoms with Gasteiger partial charge in [-0.25, -0.2) is 4.39 Å². The number of hydrogen-bond acceptors (Lipinski definition) is 4. The molecule has 0 bridgehead atoms. The highest BCUT2D eigenvalue weighted by molar-refractivity contribution is 6.08. The van der Waals surface area contributed by atoms with Gasteiger partial charge in [0.1, 0.15) is 5.82 Å². The zero-order valence-corrected chi connectivity index (χ0v) is 14.7. The van der Waals surface area contributed by atoms with E-state index in [1.54, 1.807) is 13.0 Å². The molecule has 0 radical (unpaired) electrons. The third kappa shape index (κ3) is 4.39. The summed E-state index contributed by atoms with van der Waals surface area (Å²) >= 11 is 0. The summed E-state index contributed by atoms with van der Waals surface area (Å²) in [5.74, 6) is -1.07. The fourth-order valence-electron chi connectivity index (χ4n) is 3.08. The Kier molecular flexibility index (Phi) is 5.85. The fourth-order valence-corrected chi connectivity index (χ4v) is 3.08. The van der Waals surface area contributed by atoms with Crippen LogP contribution in [-0.2, 0) is 9.53 Å². The summed E-state index contributed by atoms with van der Waals surface area (Å²) in [5.41, 5.74) is 1.68. The van der Waals surface area contributed by atoms with Crippen molar-refractivity contribution in [2.24, 2.45) is 0 Å². The molecule has 3 rings (SSSR count). The van der Waals surface area contributed by atoms with Crippen LogP contribution >= 0.6 is 0 Å². The number of aryl methyl sites for hydroxylation is 1. The van der Waals surface area contributed by atoms with Crippen molar-refractivity contribution >= 4 is 22.7 Å². The highest BCUT2D eigenvalue weighted by Crippen LogP contribution is 2.22. The summed E-state index contributed by atoms with van der Waals surface area (Å²) < 4.78 is 18.7. The number of H-pyrrole nitrogens is 1. The van der Waals surface area contributed by atoms with Crippen molar-refractivity contribution in [3.63, 3.8) is 0 Å². The summed E-state index contributed by atoms with van der Waals surface area (Å²) in [6, 6.07) is 4.24. The minimum absolute atomic E-state index is 0.122. The van der Waals surface area contributed by atoms with Gasteiger partial charge in [0.05, 0.1) is 25.3 Å². The van der Waals surface area contributed by atoms with Gasteiger partial charge in [0.15, 0.2) is 0 Å². The largest absolute Gasteiger partial charge is 0.379 e. The molecule has 2 aromatic rings. The molecule has 8 heteroatoms. The molecule has 26 heavy (non-hydrogen) atoms. The van der Waals surface area contributed by atoms with E-state index >= 15 is 0 Å². The smallest absolute Gasteiger partial charge is 0.254 e. The Morgan fingerprint density at radius 1 is 1.27 bits per heavy atom. The average molecular weight is 362 g/mol. The van der Waals surface area contributed by atoms with Gasteiger partial charge >= 0.3 is 0 Å². The topological polar surface area (TPSA) is 86.5 Å². The predicted molar refractivity (Wildman–Crippen MR) is 95.6 cm³/mol. The Balaban J connectivity index is 1.50. The molecule has 1 aliphatic rings. The molecule has 0 atom stereocenters. The van der Waals surface area contributed by atoms with Crippen LogP contribution in [0.3, 0.4) is 0 Å². The molecule has 2 amide bonds. The van der Waals surface area contributed by atoms with Gasteiger partial charge in [-0.15, -0.1) is 0 Å². The number of amides is 2. The summed E-state index contributed by atoms with van der Waals surface area (Å²) in [4.78, 5) is 29.6. The molecule has 7 nitrogen and oxygen atoms in total. The Labute approximate surface area is 150 Å². The highest BCUT2D eigenvalue weighted by Gasteiger charge is 2.17. The second-order valence-electron chi connectivity index (χ2n) is 6.30. The van der Waals surface area contributed by atoms with Crippen molar-refractivity contribution in [3.8, 4) is 0 Å². The van der Waals surface area contributed by atoms with Gasteiger partial charge in [0.2, 0.25) is 5.91 Å². The predicted octanol–water partition coefficient (Wildman–Crippen LogP) is 0.794. The number of morpholine rings is 1. The second kappa shape index (κ2) is 8.29. The van der Waals surface area contributed by atoms with E-state index in [1.807, 2.05) is 0 Å². The van der Waals surface area contributed by atoms with Crippen LogP contribution in [0.25, 0.3) is 10.9 Å². The number of fused-ring (bicyclic) bond motifs is 1. The first-order chi connectivity index (χ1) is 12.5. The van der Waals surface area contributed by atoms with Crippen LogP contribution in [0.2, 0.25) is 0 Å². The van der Waals surface area contributed by atoms with E-state index < -0.39 is 11.7 Å². The van der Waals surface area contributed by atoms with Gasteiger partial charge in [0, 0.05) is 42.8 Å². The molecule has 1 saturated heterocycles. The molecular formula is C18H23FN4O3. The van der Waals surface area contributed by atoms with Crippen molar-refractivity contribution in [1.82, 2.24) is 20.5 Å². The number of ether oxygens (including phenoxy) is 1. The lowest BCUT2D eigenvalue weighted by atomic mass is 10.1. The number of aromatic nitrogens is 1. The SMILES string of the molecule is Cc1[nH]c2ccc(F)cc2c1C(=O)NCC(=O)NCCN1CCOCC1. The third-order valence-corrected chi connectivity index (χ3v) is 4.44. The van der Waals surface area contributed by atoms with Crippen molar-refractivity contribution in [2.75, 3.05) is 45.9 Å². The normalized spacial score (nSPS) is 15.2. The second-order valence-corrected chi connectivity index (χ2v) is 6.30. The molecule has 1 fully saturated rings. The van der Waals surface area contributed by atoms with Crippen LogP contribution in [0.1, 0.15) is 16.1 Å². The Morgan fingerprint density at radius 3 is 2.81 bits per heavy atom. The van der Waals surface area contributed by atoms with Gasteiger partial charge in [-0.1, -0.05) is 0 Å². The number of benzene rings is 1. The van der Waals surface area contributed by atoms with E-state index in [-0.39, 0.29) is 12.5 Å². The summed E-state index contributed by atoms with van der Waals surface area (Å²) in [6.45, 7) is 6.06. The Hall–Kier alpha value is -2.45. The highest BCUT2D eigenvalue weighted by atomic mass is 19.1. The van der Waals surface area contributed by atoms with Gasteiger partial charge in [-0.3, -0.25) is 14.5 Å². The molecule has 0 spiro atoms. The molecule has 3 N–H and O–H groups in total. The zero-order chi connectivity index (χ0) is 18.5. The zero-order valence-electron chi connectivity index (χ0n) is 14.7. The maximum atomic E-state index is 13.5. The number of aromatic amines is 1. The van der Waals surface area contributed by atoms with Gasteiger partial charge < -0.3 is 20.4 Å². The molecule has 1 aromatic heterocycles. The lowest BCUT2D eigenvalue weighted by molar-refractivity contribution is -0.120. The average Bonchev–Trinajstić information content (AvgIpc) is 2.95. The van der Waals surface area contributed by atoms with E-state index in [0.29, 0.717) is 41.9 Å². The first-order valence-corrected chi connectivity index (χ1v) is 8.67. The van der Waals surface area contributed by atoms with Gasteiger partial charge in [-0.2, -0.15) is 0 Å². The molecule has 140 valence electrons. The lowest BCUT2D eigenvalue weighted by Gasteiger charge is -2.26. The Bertz CT molecular complexity index is 799. The van der Waals surface area contributed by atoms with Crippen LogP contribution in [0.4, 0.5) is 4.39 Å². The van der Waals surface area contributed by atoms with Crippen LogP contribution in [0.5, 0.6) is 0 Å². The maximum absolute atomic E-state index is 13.5. The molecule has 2 heterocycles. The van der Waals surface area contributed by atoms with E-state index in [0.717, 1.165) is 19.6 Å². The van der Waals surface area contributed by atoms with Gasteiger partial charge in [0.25, 0.3) is 5.91 Å². The number of halogens is 1. The minimum atomic E-state index is -0.411. The van der Waals surface area contributed by atoms with E-state index in [2.05, 4.69) is 20.5 Å². The minimum Gasteiger partial charge on any atom is -0.379 e. The van der Waals surface area contributed by atoms with Crippen molar-refractivity contribution < 1.29 is 18.7 Å². The number of nitrogens with one attached hydrogen (secondary N) is 3. The lowest BCUT2D eigenvalue weighted by Crippen LogP contribution is -2.43. The van der Waals surface area contributed by atoms with E-state index in [9.17, 15) is 14.0 Å². The third-order valence-electron chi connectivity index (χ3n) is 4.44. The quantitative estimate of drug-likeness (QED) is 0.709. The monoisotopic (exact) mass is 362 g/mol. The first-order valence-electron chi connectivity index (χ1n) is 8.67. The van der Waals surface area contributed by atoms with Crippen LogP contribution in [0, 0.1) is 12.7 Å². The van der Waals surface area contributed by atoms with E-state index in [1.165, 1.54) is 12.1 Å². The van der Waals surface area contributed by atoms with Crippen LogP contribution in [-0.4, -0.2) is 67.6 Å². The summed E-state index contributed by atoms with van der Waals surface area (Å²) in [6.07, 6.45) is 0. The first kappa shape index (κ1) is 18.3. The molecular weight excluding hydrogens is 339 g/mol. The maximum Gasteiger partial charge on any atom is 0.254 e. The Morgan fingerprint density at radius 2 is 2.04 bits per heavy atom. The van der Waals surface area contributed by atoms with E-state index in [4.69, 9.17) is 4.74 Å². The summed E-state index contributed by atoms with van der Waals surface area (Å²) in [7, 11) is 0. The molecule has 0 saturated carbocycles. The fraction of sp³-hybridized carbons (Fsp3) is 0.444. The van der Waals surface area contributed by atoms with Crippen molar-refractivity contribution in [1.29, 1.82) is 0 Å². The van der Waals surface area contributed by atoms with Gasteiger partial charge in [-0.05, 0) is 25.1 Å². The number of hydrogen-bond donors (Lipinski definition) is 3. The van der Waals surface area contributed by atoms with Crippen molar-refractivity contribution in [3.05, 3.63) is 35.3 Å². The molecule has 1 aromatic carbocycles. The standard InChI is InChI=1S/C18H23FN4O3/c1-12-17(14-10-13(19)2-3-15(14)22-12)18(25)21-11-16(24)20-4-5-23-6-8-26-9-7-23/h2-3,10,22H,4-9,11H2,1H3,(H,20,24)(H,21,25). The molecule has 0 unspecified atom stereocenters.